The second-order valence-corrected chi connectivity index (χ2v) is 12.5. The molecule has 2 fully saturated rings. The molecule has 1 saturated carbocycles. The summed E-state index contributed by atoms with van der Waals surface area (Å²) in [5.41, 5.74) is 1.02. The number of alkyl halides is 2. The van der Waals surface area contributed by atoms with E-state index in [4.69, 9.17) is 9.72 Å². The predicted octanol–water partition coefficient (Wildman–Crippen LogP) is 3.29. The first-order chi connectivity index (χ1) is 16.3. The molecule has 1 aliphatic carbocycles. The van der Waals surface area contributed by atoms with Crippen molar-refractivity contribution in [1.82, 2.24) is 19.2 Å². The molecular formula is C24H34F2N4O4S. The number of fused-ring (bicyclic) bond motifs is 1. The monoisotopic (exact) mass is 512 g/mol. The minimum absolute atomic E-state index is 0.0615. The van der Waals surface area contributed by atoms with Crippen molar-refractivity contribution >= 4 is 27.0 Å². The highest BCUT2D eigenvalue weighted by molar-refractivity contribution is 7.89. The smallest absolute Gasteiger partial charge is 0.250 e. The second kappa shape index (κ2) is 9.40. The van der Waals surface area contributed by atoms with Crippen LogP contribution in [0.5, 0.6) is 0 Å². The number of imidazole rings is 1. The number of likely N-dealkylation sites (N-methyl/N-ethyl adjacent to an activating group) is 1. The Hall–Kier alpha value is -2.11. The number of morpholine rings is 1. The molecule has 0 radical (unpaired) electrons. The Kier molecular flexibility index (Phi) is 6.98. The number of rotatable bonds is 5. The topological polar surface area (TPSA) is 93.5 Å². The number of aromatic nitrogens is 2. The summed E-state index contributed by atoms with van der Waals surface area (Å²) in [7, 11) is -2.39. The van der Waals surface area contributed by atoms with Crippen molar-refractivity contribution in [2.45, 2.75) is 75.3 Å². The Morgan fingerprint density at radius 3 is 2.57 bits per heavy atom. The molecule has 8 nitrogen and oxygen atoms in total. The standard InChI is InChI=1S/C24H34F2N4O4S/c1-23(2,3)22-28-18-13-17(35(32,33)29-11-12-34-20(15-29)21(31)27-4)5-6-19(18)30(22)14-16-7-9-24(25,26)10-8-16/h5-6,13,16,20H,7-12,14-15H2,1-4H3,(H,27,31). The fourth-order valence-corrected chi connectivity index (χ4v) is 6.33. The number of carbonyl (C=O) groups excluding carboxylic acids is 1. The fourth-order valence-electron chi connectivity index (χ4n) is 4.88. The van der Waals surface area contributed by atoms with Gasteiger partial charge >= 0.3 is 0 Å². The van der Waals surface area contributed by atoms with E-state index in [9.17, 15) is 22.0 Å². The SMILES string of the molecule is CNC(=O)C1CN(S(=O)(=O)c2ccc3c(c2)nc(C(C)(C)C)n3CC2CCC(F)(F)CC2)CCO1. The third-order valence-corrected chi connectivity index (χ3v) is 8.73. The number of hydrogen-bond donors (Lipinski definition) is 1. The first-order valence-corrected chi connectivity index (χ1v) is 13.5. The number of hydrogen-bond acceptors (Lipinski definition) is 5. The maximum absolute atomic E-state index is 13.7. The van der Waals surface area contributed by atoms with Gasteiger partial charge in [-0.15, -0.1) is 0 Å². The van der Waals surface area contributed by atoms with Gasteiger partial charge in [-0.2, -0.15) is 4.31 Å². The van der Waals surface area contributed by atoms with E-state index >= 15 is 0 Å². The summed E-state index contributed by atoms with van der Waals surface area (Å²) in [6, 6.07) is 4.87. The third kappa shape index (κ3) is 5.36. The van der Waals surface area contributed by atoms with Gasteiger partial charge in [0, 0.05) is 44.9 Å². The summed E-state index contributed by atoms with van der Waals surface area (Å²) in [5, 5.41) is 2.49. The fraction of sp³-hybridized carbons (Fsp3) is 0.667. The summed E-state index contributed by atoms with van der Waals surface area (Å²) in [4.78, 5) is 16.9. The van der Waals surface area contributed by atoms with Crippen LogP contribution >= 0.6 is 0 Å². The minimum atomic E-state index is -3.87. The van der Waals surface area contributed by atoms with E-state index in [1.165, 1.54) is 11.4 Å². The Balaban J connectivity index is 1.65. The summed E-state index contributed by atoms with van der Waals surface area (Å²) >= 11 is 0. The lowest BCUT2D eigenvalue weighted by molar-refractivity contribution is -0.135. The Morgan fingerprint density at radius 2 is 1.94 bits per heavy atom. The molecule has 1 aromatic heterocycles. The molecule has 1 saturated heterocycles. The number of amides is 1. The average Bonchev–Trinajstić information content (AvgIpc) is 3.18. The van der Waals surface area contributed by atoms with Crippen LogP contribution in [0.2, 0.25) is 0 Å². The van der Waals surface area contributed by atoms with E-state index in [-0.39, 0.29) is 54.7 Å². The average molecular weight is 513 g/mol. The molecule has 1 unspecified atom stereocenters. The van der Waals surface area contributed by atoms with Crippen LogP contribution in [0.3, 0.4) is 0 Å². The predicted molar refractivity (Wildman–Crippen MR) is 128 cm³/mol. The highest BCUT2D eigenvalue weighted by Crippen LogP contribution is 2.38. The molecule has 11 heteroatoms. The summed E-state index contributed by atoms with van der Waals surface area (Å²) in [5.74, 6) is -2.04. The van der Waals surface area contributed by atoms with Crippen LogP contribution in [-0.2, 0) is 31.5 Å². The van der Waals surface area contributed by atoms with Crippen LogP contribution in [0.15, 0.2) is 23.1 Å². The van der Waals surface area contributed by atoms with Gasteiger partial charge in [-0.3, -0.25) is 4.79 Å². The number of nitrogens with one attached hydrogen (secondary N) is 1. The number of carbonyl (C=O) groups is 1. The second-order valence-electron chi connectivity index (χ2n) is 10.6. The molecule has 1 amide bonds. The zero-order valence-corrected chi connectivity index (χ0v) is 21.5. The van der Waals surface area contributed by atoms with Gasteiger partial charge in [0.25, 0.3) is 0 Å². The molecular weight excluding hydrogens is 478 g/mol. The lowest BCUT2D eigenvalue weighted by Crippen LogP contribution is -2.50. The number of nitrogens with zero attached hydrogens (tertiary/aromatic N) is 3. The molecule has 0 spiro atoms. The van der Waals surface area contributed by atoms with Crippen molar-refractivity contribution in [3.05, 3.63) is 24.0 Å². The number of benzene rings is 1. The summed E-state index contributed by atoms with van der Waals surface area (Å²) in [6.45, 7) is 6.89. The highest BCUT2D eigenvalue weighted by atomic mass is 32.2. The number of halogens is 2. The molecule has 1 atom stereocenters. The molecule has 1 N–H and O–H groups in total. The van der Waals surface area contributed by atoms with Crippen molar-refractivity contribution in [3.63, 3.8) is 0 Å². The quantitative estimate of drug-likeness (QED) is 0.664. The van der Waals surface area contributed by atoms with Crippen LogP contribution in [0.1, 0.15) is 52.3 Å². The lowest BCUT2D eigenvalue weighted by Gasteiger charge is -2.31. The van der Waals surface area contributed by atoms with Crippen molar-refractivity contribution in [2.24, 2.45) is 5.92 Å². The van der Waals surface area contributed by atoms with E-state index in [1.807, 2.05) is 20.8 Å². The normalized spacial score (nSPS) is 22.4. The van der Waals surface area contributed by atoms with E-state index in [0.717, 1.165) is 11.3 Å². The van der Waals surface area contributed by atoms with Crippen LogP contribution in [0.4, 0.5) is 8.78 Å². The van der Waals surface area contributed by atoms with Gasteiger partial charge in [0.15, 0.2) is 0 Å². The van der Waals surface area contributed by atoms with Crippen molar-refractivity contribution in [2.75, 3.05) is 26.7 Å². The molecule has 2 aromatic rings. The van der Waals surface area contributed by atoms with Crippen LogP contribution in [0.25, 0.3) is 11.0 Å². The maximum Gasteiger partial charge on any atom is 0.250 e. The number of ether oxygens (including phenoxy) is 1. The van der Waals surface area contributed by atoms with Gasteiger partial charge in [0.2, 0.25) is 21.9 Å². The maximum atomic E-state index is 13.7. The Labute approximate surface area is 205 Å². The van der Waals surface area contributed by atoms with Gasteiger partial charge in [-0.1, -0.05) is 20.8 Å². The van der Waals surface area contributed by atoms with Crippen molar-refractivity contribution in [3.8, 4) is 0 Å². The Bertz CT molecular complexity index is 1200. The van der Waals surface area contributed by atoms with Crippen LogP contribution in [0, 0.1) is 5.92 Å². The van der Waals surface area contributed by atoms with Gasteiger partial charge in [0.05, 0.1) is 22.5 Å². The Morgan fingerprint density at radius 1 is 1.26 bits per heavy atom. The van der Waals surface area contributed by atoms with Crippen LogP contribution in [-0.4, -0.2) is 67.0 Å². The van der Waals surface area contributed by atoms with Gasteiger partial charge in [-0.25, -0.2) is 22.2 Å². The molecule has 35 heavy (non-hydrogen) atoms. The molecule has 2 aliphatic rings. The minimum Gasteiger partial charge on any atom is -0.366 e. The molecule has 0 bridgehead atoms. The van der Waals surface area contributed by atoms with Gasteiger partial charge in [-0.05, 0) is 37.0 Å². The van der Waals surface area contributed by atoms with E-state index in [2.05, 4.69) is 9.88 Å². The molecule has 2 heterocycles. The van der Waals surface area contributed by atoms with Crippen molar-refractivity contribution in [1.29, 1.82) is 0 Å². The zero-order valence-electron chi connectivity index (χ0n) is 20.7. The first-order valence-electron chi connectivity index (χ1n) is 12.0. The lowest BCUT2D eigenvalue weighted by atomic mass is 9.86. The molecule has 1 aromatic carbocycles. The van der Waals surface area contributed by atoms with E-state index < -0.39 is 22.0 Å². The molecule has 1 aliphatic heterocycles. The largest absolute Gasteiger partial charge is 0.366 e. The van der Waals surface area contributed by atoms with Gasteiger partial charge in [0.1, 0.15) is 11.9 Å². The summed E-state index contributed by atoms with van der Waals surface area (Å²) in [6.07, 6.45) is -0.164. The van der Waals surface area contributed by atoms with Crippen LogP contribution < -0.4 is 5.32 Å². The molecule has 4 rings (SSSR count). The first kappa shape index (κ1) is 26.0. The summed E-state index contributed by atoms with van der Waals surface area (Å²) < 4.78 is 62.9. The highest BCUT2D eigenvalue weighted by Gasteiger charge is 2.37. The van der Waals surface area contributed by atoms with E-state index in [1.54, 1.807) is 18.2 Å². The zero-order chi connectivity index (χ0) is 25.6. The third-order valence-electron chi connectivity index (χ3n) is 6.87. The molecule has 194 valence electrons. The van der Waals surface area contributed by atoms with Gasteiger partial charge < -0.3 is 14.6 Å². The van der Waals surface area contributed by atoms with Crippen molar-refractivity contribution < 1.29 is 26.7 Å². The van der Waals surface area contributed by atoms with E-state index in [0.29, 0.717) is 24.9 Å². The number of sulfonamides is 1.